The van der Waals surface area contributed by atoms with E-state index in [1.807, 2.05) is 12.1 Å². The Morgan fingerprint density at radius 3 is 3.07 bits per heavy atom. The maximum Gasteiger partial charge on any atom is 0.309 e. The van der Waals surface area contributed by atoms with E-state index in [1.165, 1.54) is 0 Å². The molecule has 1 aromatic heterocycles. The quantitative estimate of drug-likeness (QED) is 0.894. The van der Waals surface area contributed by atoms with Crippen molar-refractivity contribution in [3.63, 3.8) is 0 Å². The van der Waals surface area contributed by atoms with Crippen molar-refractivity contribution in [2.24, 2.45) is 0 Å². The molecule has 0 aliphatic carbocycles. The smallest absolute Gasteiger partial charge is 0.309 e. The molecule has 2 aromatic rings. The zero-order valence-electron chi connectivity index (χ0n) is 7.03. The largest absolute Gasteiger partial charge is 0.481 e. The molecule has 2 rings (SSSR count). The highest BCUT2D eigenvalue weighted by molar-refractivity contribution is 9.10. The Morgan fingerprint density at radius 1 is 1.57 bits per heavy atom. The van der Waals surface area contributed by atoms with Crippen LogP contribution in [0.1, 0.15) is 5.69 Å². The molecule has 0 saturated heterocycles. The number of hydrogen-bond donors (Lipinski definition) is 1. The summed E-state index contributed by atoms with van der Waals surface area (Å²) in [6, 6.07) is 5.42. The molecule has 0 amide bonds. The van der Waals surface area contributed by atoms with Gasteiger partial charge in [0.05, 0.1) is 10.9 Å². The van der Waals surface area contributed by atoms with Gasteiger partial charge < -0.3 is 9.63 Å². The second-order valence-electron chi connectivity index (χ2n) is 2.82. The van der Waals surface area contributed by atoms with Gasteiger partial charge in [-0.3, -0.25) is 4.79 Å². The summed E-state index contributed by atoms with van der Waals surface area (Å²) in [6.45, 7) is 0. The zero-order chi connectivity index (χ0) is 10.1. The SMILES string of the molecule is O=C(O)Cc1noc2c(Br)cccc12. The summed E-state index contributed by atoms with van der Waals surface area (Å²) in [7, 11) is 0. The predicted molar refractivity (Wildman–Crippen MR) is 53.0 cm³/mol. The van der Waals surface area contributed by atoms with Crippen LogP contribution in [0.5, 0.6) is 0 Å². The number of benzene rings is 1. The summed E-state index contributed by atoms with van der Waals surface area (Å²) in [5.74, 6) is -0.917. The molecular weight excluding hydrogens is 250 g/mol. The summed E-state index contributed by atoms with van der Waals surface area (Å²) < 4.78 is 5.80. The third kappa shape index (κ3) is 1.50. The fourth-order valence-electron chi connectivity index (χ4n) is 1.25. The summed E-state index contributed by atoms with van der Waals surface area (Å²) in [4.78, 5) is 10.5. The lowest BCUT2D eigenvalue weighted by atomic mass is 10.2. The van der Waals surface area contributed by atoms with E-state index in [1.54, 1.807) is 6.07 Å². The van der Waals surface area contributed by atoms with E-state index in [9.17, 15) is 4.79 Å². The first-order chi connectivity index (χ1) is 6.68. The molecule has 0 atom stereocenters. The lowest BCUT2D eigenvalue weighted by Gasteiger charge is -1.91. The van der Waals surface area contributed by atoms with E-state index in [0.717, 1.165) is 9.86 Å². The number of rotatable bonds is 2. The third-order valence-electron chi connectivity index (χ3n) is 1.84. The Labute approximate surface area is 87.6 Å². The molecule has 1 aromatic carbocycles. The minimum atomic E-state index is -0.917. The van der Waals surface area contributed by atoms with E-state index in [0.29, 0.717) is 11.3 Å². The molecule has 0 aliphatic heterocycles. The molecule has 1 N–H and O–H groups in total. The molecule has 0 unspecified atom stereocenters. The maximum atomic E-state index is 10.5. The van der Waals surface area contributed by atoms with Gasteiger partial charge in [-0.05, 0) is 28.1 Å². The van der Waals surface area contributed by atoms with Gasteiger partial charge >= 0.3 is 5.97 Å². The van der Waals surface area contributed by atoms with Crippen molar-refractivity contribution >= 4 is 32.9 Å². The maximum absolute atomic E-state index is 10.5. The number of aliphatic carboxylic acids is 1. The number of carbonyl (C=O) groups is 1. The standard InChI is InChI=1S/C9H6BrNO3/c10-6-3-1-2-5-7(4-8(12)13)11-14-9(5)6/h1-3H,4H2,(H,12,13). The molecule has 0 saturated carbocycles. The van der Waals surface area contributed by atoms with Gasteiger partial charge in [0.25, 0.3) is 0 Å². The summed E-state index contributed by atoms with van der Waals surface area (Å²) in [6.07, 6.45) is -0.122. The van der Waals surface area contributed by atoms with Crippen LogP contribution in [-0.2, 0) is 11.2 Å². The van der Waals surface area contributed by atoms with Crippen molar-refractivity contribution in [3.05, 3.63) is 28.4 Å². The Hall–Kier alpha value is -1.36. The number of hydrogen-bond acceptors (Lipinski definition) is 3. The van der Waals surface area contributed by atoms with Crippen LogP contribution in [0.2, 0.25) is 0 Å². The van der Waals surface area contributed by atoms with Crippen LogP contribution in [0.25, 0.3) is 11.0 Å². The topological polar surface area (TPSA) is 63.3 Å². The molecule has 5 heteroatoms. The molecular formula is C9H6BrNO3. The summed E-state index contributed by atoms with van der Waals surface area (Å²) in [5, 5.41) is 13.1. The number of carboxylic acid groups (broad SMARTS) is 1. The molecule has 0 fully saturated rings. The lowest BCUT2D eigenvalue weighted by molar-refractivity contribution is -0.136. The highest BCUT2D eigenvalue weighted by atomic mass is 79.9. The van der Waals surface area contributed by atoms with Crippen molar-refractivity contribution in [1.82, 2.24) is 5.16 Å². The van der Waals surface area contributed by atoms with E-state index >= 15 is 0 Å². The van der Waals surface area contributed by atoms with E-state index in [4.69, 9.17) is 9.63 Å². The predicted octanol–water partition coefficient (Wildman–Crippen LogP) is 2.22. The fraction of sp³-hybridized carbons (Fsp3) is 0.111. The van der Waals surface area contributed by atoms with Crippen molar-refractivity contribution in [1.29, 1.82) is 0 Å². The third-order valence-corrected chi connectivity index (χ3v) is 2.47. The van der Waals surface area contributed by atoms with E-state index < -0.39 is 5.97 Å². The lowest BCUT2D eigenvalue weighted by Crippen LogP contribution is -2.00. The second-order valence-corrected chi connectivity index (χ2v) is 3.67. The molecule has 4 nitrogen and oxygen atoms in total. The van der Waals surface area contributed by atoms with Crippen LogP contribution in [0.4, 0.5) is 0 Å². The van der Waals surface area contributed by atoms with Crippen LogP contribution in [-0.4, -0.2) is 16.2 Å². The minimum absolute atomic E-state index is 0.122. The Balaban J connectivity index is 2.58. The summed E-state index contributed by atoms with van der Waals surface area (Å²) >= 11 is 3.30. The summed E-state index contributed by atoms with van der Waals surface area (Å²) in [5.41, 5.74) is 1.04. The van der Waals surface area contributed by atoms with Crippen LogP contribution < -0.4 is 0 Å². The van der Waals surface area contributed by atoms with Crippen LogP contribution in [0, 0.1) is 0 Å². The van der Waals surface area contributed by atoms with Crippen molar-refractivity contribution in [2.45, 2.75) is 6.42 Å². The second kappa shape index (κ2) is 3.42. The van der Waals surface area contributed by atoms with Gasteiger partial charge in [-0.2, -0.15) is 0 Å². The average molecular weight is 256 g/mol. The Bertz CT molecular complexity index is 492. The molecule has 0 aliphatic rings. The first kappa shape index (κ1) is 9.21. The Kier molecular flexibility index (Phi) is 2.25. The highest BCUT2D eigenvalue weighted by Gasteiger charge is 2.12. The average Bonchev–Trinajstić information content (AvgIpc) is 2.49. The van der Waals surface area contributed by atoms with Gasteiger partial charge in [0.15, 0.2) is 5.58 Å². The van der Waals surface area contributed by atoms with E-state index in [2.05, 4.69) is 21.1 Å². The number of para-hydroxylation sites is 1. The molecule has 0 spiro atoms. The van der Waals surface area contributed by atoms with Gasteiger partial charge in [0.1, 0.15) is 5.69 Å². The number of aromatic nitrogens is 1. The zero-order valence-corrected chi connectivity index (χ0v) is 8.61. The minimum Gasteiger partial charge on any atom is -0.481 e. The normalized spacial score (nSPS) is 10.6. The van der Waals surface area contributed by atoms with Gasteiger partial charge in [-0.25, -0.2) is 0 Å². The van der Waals surface area contributed by atoms with Crippen LogP contribution in [0.15, 0.2) is 27.2 Å². The van der Waals surface area contributed by atoms with Gasteiger partial charge in [0.2, 0.25) is 0 Å². The van der Waals surface area contributed by atoms with Gasteiger partial charge in [-0.15, -0.1) is 0 Å². The van der Waals surface area contributed by atoms with E-state index in [-0.39, 0.29) is 6.42 Å². The molecule has 72 valence electrons. The number of nitrogens with zero attached hydrogens (tertiary/aromatic N) is 1. The molecule has 14 heavy (non-hydrogen) atoms. The van der Waals surface area contributed by atoms with Crippen LogP contribution in [0.3, 0.4) is 0 Å². The number of fused-ring (bicyclic) bond motifs is 1. The monoisotopic (exact) mass is 255 g/mol. The fourth-order valence-corrected chi connectivity index (χ4v) is 1.69. The first-order valence-electron chi connectivity index (χ1n) is 3.93. The van der Waals surface area contributed by atoms with Gasteiger partial charge in [-0.1, -0.05) is 11.2 Å². The highest BCUT2D eigenvalue weighted by Crippen LogP contribution is 2.26. The first-order valence-corrected chi connectivity index (χ1v) is 4.72. The van der Waals surface area contributed by atoms with Crippen molar-refractivity contribution < 1.29 is 14.4 Å². The van der Waals surface area contributed by atoms with Crippen molar-refractivity contribution in [2.75, 3.05) is 0 Å². The Morgan fingerprint density at radius 2 is 2.36 bits per heavy atom. The molecule has 0 bridgehead atoms. The number of carboxylic acids is 1. The number of halogens is 1. The van der Waals surface area contributed by atoms with Crippen molar-refractivity contribution in [3.8, 4) is 0 Å². The molecule has 0 radical (unpaired) electrons. The van der Waals surface area contributed by atoms with Crippen LogP contribution >= 0.6 is 15.9 Å². The van der Waals surface area contributed by atoms with Gasteiger partial charge in [0, 0.05) is 5.39 Å². The molecule has 1 heterocycles.